The van der Waals surface area contributed by atoms with E-state index in [1.54, 1.807) is 0 Å². The fourth-order valence-corrected chi connectivity index (χ4v) is 3.39. The number of likely N-dealkylation sites (tertiary alicyclic amines) is 1. The van der Waals surface area contributed by atoms with Crippen LogP contribution in [0.4, 0.5) is 0 Å². The molecule has 2 aliphatic rings. The summed E-state index contributed by atoms with van der Waals surface area (Å²) in [5.74, 6) is 0.306. The maximum Gasteiger partial charge on any atom is 0.224 e. The second-order valence-electron chi connectivity index (χ2n) is 6.27. The highest BCUT2D eigenvalue weighted by molar-refractivity contribution is 5.82. The molecule has 1 amide bonds. The zero-order valence-electron chi connectivity index (χ0n) is 12.1. The van der Waals surface area contributed by atoms with Crippen LogP contribution in [0.1, 0.15) is 33.6 Å². The van der Waals surface area contributed by atoms with E-state index in [0.717, 1.165) is 25.9 Å². The highest BCUT2D eigenvalue weighted by Crippen LogP contribution is 2.28. The Balaban J connectivity index is 2.05. The van der Waals surface area contributed by atoms with Gasteiger partial charge >= 0.3 is 0 Å². The van der Waals surface area contributed by atoms with Gasteiger partial charge in [0.05, 0.1) is 12.0 Å². The van der Waals surface area contributed by atoms with E-state index in [4.69, 9.17) is 0 Å². The van der Waals surface area contributed by atoms with Crippen LogP contribution in [0, 0.1) is 17.2 Å². The summed E-state index contributed by atoms with van der Waals surface area (Å²) in [6.07, 6.45) is 2.02. The van der Waals surface area contributed by atoms with E-state index >= 15 is 0 Å². The summed E-state index contributed by atoms with van der Waals surface area (Å²) in [7, 11) is 0. The Morgan fingerprint density at radius 2 is 2.37 bits per heavy atom. The van der Waals surface area contributed by atoms with Gasteiger partial charge in [-0.3, -0.25) is 15.0 Å². The highest BCUT2D eigenvalue weighted by Gasteiger charge is 2.42. The van der Waals surface area contributed by atoms with Crippen molar-refractivity contribution in [2.24, 2.45) is 5.92 Å². The third-order valence-electron chi connectivity index (χ3n) is 4.09. The van der Waals surface area contributed by atoms with Crippen molar-refractivity contribution >= 4 is 5.91 Å². The van der Waals surface area contributed by atoms with Gasteiger partial charge in [-0.15, -0.1) is 0 Å². The molecule has 2 aliphatic heterocycles. The van der Waals surface area contributed by atoms with Crippen molar-refractivity contribution in [3.63, 3.8) is 0 Å². The third-order valence-corrected chi connectivity index (χ3v) is 4.09. The van der Waals surface area contributed by atoms with Gasteiger partial charge in [-0.05, 0) is 40.2 Å². The molecule has 5 heteroatoms. The summed E-state index contributed by atoms with van der Waals surface area (Å²) < 4.78 is 0. The lowest BCUT2D eigenvalue weighted by Crippen LogP contribution is -2.57. The molecule has 0 aromatic heterocycles. The molecule has 0 saturated carbocycles. The first-order valence-electron chi connectivity index (χ1n) is 7.16. The lowest BCUT2D eigenvalue weighted by molar-refractivity contribution is -0.124. The average molecular weight is 264 g/mol. The van der Waals surface area contributed by atoms with Crippen LogP contribution in [0.15, 0.2) is 0 Å². The first-order valence-corrected chi connectivity index (χ1v) is 7.16. The van der Waals surface area contributed by atoms with Gasteiger partial charge < -0.3 is 5.32 Å². The number of carbonyl (C=O) groups is 1. The smallest absolute Gasteiger partial charge is 0.224 e. The lowest BCUT2D eigenvalue weighted by Gasteiger charge is -2.40. The number of nitrogens with one attached hydrogen (secondary N) is 2. The number of rotatable bonds is 4. The molecule has 2 N–H and O–H groups in total. The van der Waals surface area contributed by atoms with Crippen LogP contribution in [-0.4, -0.2) is 48.1 Å². The number of hydrogen-bond donors (Lipinski definition) is 2. The van der Waals surface area contributed by atoms with Gasteiger partial charge in [0.25, 0.3) is 0 Å². The quantitative estimate of drug-likeness (QED) is 0.775. The number of nitrogens with zero attached hydrogens (tertiary/aromatic N) is 2. The summed E-state index contributed by atoms with van der Waals surface area (Å²) in [5, 5.41) is 15.7. The Morgan fingerprint density at radius 1 is 1.63 bits per heavy atom. The summed E-state index contributed by atoms with van der Waals surface area (Å²) in [4.78, 5) is 14.1. The second-order valence-corrected chi connectivity index (χ2v) is 6.27. The monoisotopic (exact) mass is 264 g/mol. The Morgan fingerprint density at radius 3 is 3.00 bits per heavy atom. The minimum atomic E-state index is -0.554. The number of nitriles is 1. The van der Waals surface area contributed by atoms with Crippen molar-refractivity contribution in [3.05, 3.63) is 0 Å². The molecular weight excluding hydrogens is 240 g/mol. The molecular formula is C14H24N4O. The van der Waals surface area contributed by atoms with Crippen LogP contribution in [0.25, 0.3) is 0 Å². The normalized spacial score (nSPS) is 30.6. The fourth-order valence-electron chi connectivity index (χ4n) is 3.39. The first-order chi connectivity index (χ1) is 8.95. The third kappa shape index (κ3) is 3.07. The number of amides is 1. The highest BCUT2D eigenvalue weighted by atomic mass is 16.2. The van der Waals surface area contributed by atoms with E-state index in [9.17, 15) is 10.1 Å². The molecule has 19 heavy (non-hydrogen) atoms. The summed E-state index contributed by atoms with van der Waals surface area (Å²) in [6, 6.07) is 2.93. The summed E-state index contributed by atoms with van der Waals surface area (Å²) >= 11 is 0. The van der Waals surface area contributed by atoms with Crippen LogP contribution >= 0.6 is 0 Å². The van der Waals surface area contributed by atoms with Crippen molar-refractivity contribution < 1.29 is 4.79 Å². The fraction of sp³-hybridized carbons (Fsp3) is 0.857. The van der Waals surface area contributed by atoms with Crippen LogP contribution < -0.4 is 10.6 Å². The largest absolute Gasteiger partial charge is 0.354 e. The average Bonchev–Trinajstić information content (AvgIpc) is 2.72. The molecule has 0 bridgehead atoms. The molecule has 2 fully saturated rings. The zero-order chi connectivity index (χ0) is 14.0. The van der Waals surface area contributed by atoms with Crippen LogP contribution in [0.3, 0.4) is 0 Å². The molecule has 106 valence electrons. The van der Waals surface area contributed by atoms with Crippen molar-refractivity contribution in [3.8, 4) is 6.07 Å². The van der Waals surface area contributed by atoms with Crippen LogP contribution in [0.2, 0.25) is 0 Å². The van der Waals surface area contributed by atoms with Crippen molar-refractivity contribution in [2.45, 2.75) is 51.2 Å². The molecule has 0 aromatic carbocycles. The van der Waals surface area contributed by atoms with Crippen molar-refractivity contribution in [1.29, 1.82) is 5.26 Å². The Hall–Kier alpha value is -1.12. The molecule has 5 nitrogen and oxygen atoms in total. The van der Waals surface area contributed by atoms with E-state index in [2.05, 4.69) is 35.5 Å². The Kier molecular flexibility index (Phi) is 4.12. The Bertz CT molecular complexity index is 389. The van der Waals surface area contributed by atoms with Gasteiger partial charge in [0.15, 0.2) is 0 Å². The maximum absolute atomic E-state index is 11.7. The molecule has 0 radical (unpaired) electrons. The molecule has 0 aromatic rings. The molecule has 3 atom stereocenters. The molecule has 2 saturated heterocycles. The Labute approximate surface area is 115 Å². The van der Waals surface area contributed by atoms with Gasteiger partial charge in [-0.2, -0.15) is 5.26 Å². The number of fused-ring (bicyclic) bond motifs is 1. The predicted octanol–water partition coefficient (Wildman–Crippen LogP) is 0.477. The topological polar surface area (TPSA) is 68.2 Å². The number of hydrogen-bond acceptors (Lipinski definition) is 4. The minimum absolute atomic E-state index is 0.121. The zero-order valence-corrected chi connectivity index (χ0v) is 12.1. The van der Waals surface area contributed by atoms with Crippen molar-refractivity contribution in [1.82, 2.24) is 15.5 Å². The van der Waals surface area contributed by atoms with Gasteiger partial charge in [0, 0.05) is 25.2 Å². The van der Waals surface area contributed by atoms with Gasteiger partial charge in [-0.25, -0.2) is 0 Å². The first kappa shape index (κ1) is 14.3. The van der Waals surface area contributed by atoms with E-state index < -0.39 is 5.54 Å². The van der Waals surface area contributed by atoms with Crippen molar-refractivity contribution in [2.75, 3.05) is 19.6 Å². The van der Waals surface area contributed by atoms with Crippen LogP contribution in [-0.2, 0) is 4.79 Å². The van der Waals surface area contributed by atoms with Crippen LogP contribution in [0.5, 0.6) is 0 Å². The summed E-state index contributed by atoms with van der Waals surface area (Å²) in [6.45, 7) is 8.43. The number of piperidine rings is 1. The number of carbonyl (C=O) groups excluding carboxylic acids is 1. The van der Waals surface area contributed by atoms with Gasteiger partial charge in [0.2, 0.25) is 5.91 Å². The van der Waals surface area contributed by atoms with E-state index in [0.29, 0.717) is 6.54 Å². The van der Waals surface area contributed by atoms with Gasteiger partial charge in [0.1, 0.15) is 5.54 Å². The maximum atomic E-state index is 11.7. The van der Waals surface area contributed by atoms with Gasteiger partial charge in [-0.1, -0.05) is 0 Å². The molecule has 2 rings (SSSR count). The standard InChI is InChI=1S/C14H24N4O/c1-10(2)17-14(3,8-15)9-18-6-4-5-11-12(18)7-16-13(11)19/h10-12,17H,4-7,9H2,1-3H3,(H,16,19). The lowest BCUT2D eigenvalue weighted by atomic mass is 9.89. The predicted molar refractivity (Wildman–Crippen MR) is 73.4 cm³/mol. The summed E-state index contributed by atoms with van der Waals surface area (Å²) in [5.41, 5.74) is -0.554. The van der Waals surface area contributed by atoms with E-state index in [-0.39, 0.29) is 23.9 Å². The molecule has 0 spiro atoms. The van der Waals surface area contributed by atoms with E-state index in [1.165, 1.54) is 0 Å². The molecule has 2 heterocycles. The second kappa shape index (κ2) is 5.48. The van der Waals surface area contributed by atoms with E-state index in [1.807, 2.05) is 6.92 Å². The SMILES string of the molecule is CC(C)NC(C)(C#N)CN1CCCC2C(=O)NCC21. The molecule has 3 unspecified atom stereocenters. The molecule has 0 aliphatic carbocycles. The minimum Gasteiger partial charge on any atom is -0.354 e.